The van der Waals surface area contributed by atoms with Gasteiger partial charge < -0.3 is 5.73 Å². The Morgan fingerprint density at radius 2 is 1.78 bits per heavy atom. The summed E-state index contributed by atoms with van der Waals surface area (Å²) in [5, 5.41) is 0. The van der Waals surface area contributed by atoms with Crippen LogP contribution < -0.4 is 5.73 Å². The molecule has 2 N–H and O–H groups in total. The lowest BCUT2D eigenvalue weighted by Gasteiger charge is -2.36. The van der Waals surface area contributed by atoms with Gasteiger partial charge in [-0.15, -0.1) is 0 Å². The molecular formula is C16H24FN. The van der Waals surface area contributed by atoms with Gasteiger partial charge in [0.1, 0.15) is 5.67 Å². The third-order valence-corrected chi connectivity index (χ3v) is 4.21. The minimum Gasteiger partial charge on any atom is -0.321 e. The minimum absolute atomic E-state index is 0.246. The van der Waals surface area contributed by atoms with Crippen LogP contribution in [0.15, 0.2) is 18.2 Å². The maximum Gasteiger partial charge on any atom is 0.130 e. The Kier molecular flexibility index (Phi) is 3.50. The molecule has 18 heavy (non-hydrogen) atoms. The van der Waals surface area contributed by atoms with E-state index in [1.165, 1.54) is 24.8 Å². The van der Waals surface area contributed by atoms with Crippen molar-refractivity contribution < 1.29 is 4.39 Å². The molecule has 0 atom stereocenters. The molecule has 0 amide bonds. The molecule has 1 aliphatic rings. The van der Waals surface area contributed by atoms with Crippen LogP contribution in [0.1, 0.15) is 62.6 Å². The van der Waals surface area contributed by atoms with Crippen LogP contribution >= 0.6 is 0 Å². The lowest BCUT2D eigenvalue weighted by molar-refractivity contribution is 0.220. The molecule has 1 saturated carbocycles. The van der Waals surface area contributed by atoms with E-state index in [1.807, 2.05) is 18.2 Å². The molecule has 0 unspecified atom stereocenters. The lowest BCUT2D eigenvalue weighted by Crippen LogP contribution is -2.39. The van der Waals surface area contributed by atoms with Gasteiger partial charge in [0.2, 0.25) is 0 Å². The van der Waals surface area contributed by atoms with Crippen molar-refractivity contribution in [2.75, 3.05) is 0 Å². The van der Waals surface area contributed by atoms with Gasteiger partial charge in [-0.25, -0.2) is 4.39 Å². The summed E-state index contributed by atoms with van der Waals surface area (Å²) in [6.07, 6.45) is 5.67. The van der Waals surface area contributed by atoms with Crippen LogP contribution in [0.5, 0.6) is 0 Å². The first-order chi connectivity index (χ1) is 8.33. The fourth-order valence-electron chi connectivity index (χ4n) is 2.98. The average molecular weight is 249 g/mol. The third kappa shape index (κ3) is 2.59. The zero-order chi connectivity index (χ0) is 13.4. The Morgan fingerprint density at radius 3 is 2.33 bits per heavy atom. The average Bonchev–Trinajstić information content (AvgIpc) is 2.28. The molecule has 1 fully saturated rings. The summed E-state index contributed by atoms with van der Waals surface area (Å²) in [6.45, 7) is 5.28. The van der Waals surface area contributed by atoms with Crippen molar-refractivity contribution in [2.24, 2.45) is 5.73 Å². The quantitative estimate of drug-likeness (QED) is 0.830. The molecule has 0 radical (unpaired) electrons. The number of rotatable bonds is 2. The Labute approximate surface area is 110 Å². The molecule has 1 aliphatic carbocycles. The maximum atomic E-state index is 14.1. The molecule has 0 aromatic heterocycles. The van der Waals surface area contributed by atoms with Gasteiger partial charge in [0.25, 0.3) is 0 Å². The van der Waals surface area contributed by atoms with Crippen LogP contribution in [0.4, 0.5) is 4.39 Å². The van der Waals surface area contributed by atoms with Crippen molar-refractivity contribution in [2.45, 2.75) is 64.1 Å². The van der Waals surface area contributed by atoms with Crippen LogP contribution in [-0.4, -0.2) is 0 Å². The van der Waals surface area contributed by atoms with E-state index in [9.17, 15) is 4.39 Å². The van der Waals surface area contributed by atoms with Gasteiger partial charge >= 0.3 is 0 Å². The van der Waals surface area contributed by atoms with Gasteiger partial charge in [-0.05, 0) is 50.3 Å². The fraction of sp³-hybridized carbons (Fsp3) is 0.625. The normalized spacial score (nSPS) is 19.8. The lowest BCUT2D eigenvalue weighted by atomic mass is 9.75. The van der Waals surface area contributed by atoms with Crippen LogP contribution in [0.25, 0.3) is 0 Å². The first kappa shape index (κ1) is 13.5. The van der Waals surface area contributed by atoms with Gasteiger partial charge in [-0.3, -0.25) is 0 Å². The number of benzene rings is 1. The van der Waals surface area contributed by atoms with Crippen LogP contribution in [0.3, 0.4) is 0 Å². The maximum absolute atomic E-state index is 14.1. The molecule has 0 aliphatic heterocycles. The van der Waals surface area contributed by atoms with E-state index in [-0.39, 0.29) is 5.54 Å². The van der Waals surface area contributed by atoms with Crippen molar-refractivity contribution >= 4 is 0 Å². The van der Waals surface area contributed by atoms with Crippen molar-refractivity contribution in [3.8, 4) is 0 Å². The molecule has 0 heterocycles. The molecule has 100 valence electrons. The van der Waals surface area contributed by atoms with Gasteiger partial charge in [0, 0.05) is 5.54 Å². The standard InChI is InChI=1S/C16H24FN/c1-12-7-8-13(15(2,3)17)11-14(12)16(18)9-5-4-6-10-16/h7-8,11H,4-6,9-10,18H2,1-3H3. The van der Waals surface area contributed by atoms with Crippen LogP contribution in [0.2, 0.25) is 0 Å². The first-order valence-electron chi connectivity index (χ1n) is 6.92. The number of aryl methyl sites for hydroxylation is 1. The summed E-state index contributed by atoms with van der Waals surface area (Å²) in [5.41, 5.74) is 8.09. The Bertz CT molecular complexity index is 425. The first-order valence-corrected chi connectivity index (χ1v) is 6.92. The monoisotopic (exact) mass is 249 g/mol. The van der Waals surface area contributed by atoms with Gasteiger partial charge in [0.15, 0.2) is 0 Å². The van der Waals surface area contributed by atoms with E-state index in [1.54, 1.807) is 13.8 Å². The molecular weight excluding hydrogens is 225 g/mol. The predicted molar refractivity (Wildman–Crippen MR) is 74.3 cm³/mol. The molecule has 0 saturated heterocycles. The topological polar surface area (TPSA) is 26.0 Å². The molecule has 2 heteroatoms. The van der Waals surface area contributed by atoms with E-state index >= 15 is 0 Å². The van der Waals surface area contributed by atoms with E-state index in [0.29, 0.717) is 0 Å². The summed E-state index contributed by atoms with van der Waals surface area (Å²) in [7, 11) is 0. The number of halogens is 1. The second kappa shape index (κ2) is 4.65. The van der Waals surface area contributed by atoms with Crippen LogP contribution in [0, 0.1) is 6.92 Å². The van der Waals surface area contributed by atoms with Gasteiger partial charge in [-0.1, -0.05) is 37.5 Å². The van der Waals surface area contributed by atoms with Gasteiger partial charge in [-0.2, -0.15) is 0 Å². The highest BCUT2D eigenvalue weighted by molar-refractivity contribution is 5.38. The van der Waals surface area contributed by atoms with Crippen molar-refractivity contribution in [1.29, 1.82) is 0 Å². The largest absolute Gasteiger partial charge is 0.321 e. The van der Waals surface area contributed by atoms with E-state index in [4.69, 9.17) is 5.73 Å². The Balaban J connectivity index is 2.43. The smallest absolute Gasteiger partial charge is 0.130 e. The molecule has 0 bridgehead atoms. The van der Waals surface area contributed by atoms with E-state index < -0.39 is 5.67 Å². The molecule has 0 spiro atoms. The van der Waals surface area contributed by atoms with Crippen molar-refractivity contribution in [1.82, 2.24) is 0 Å². The zero-order valence-corrected chi connectivity index (χ0v) is 11.7. The highest BCUT2D eigenvalue weighted by Gasteiger charge is 2.32. The minimum atomic E-state index is -1.30. The zero-order valence-electron chi connectivity index (χ0n) is 11.7. The second-order valence-corrected chi connectivity index (χ2v) is 6.22. The van der Waals surface area contributed by atoms with E-state index in [2.05, 4.69) is 6.92 Å². The SMILES string of the molecule is Cc1ccc(C(C)(C)F)cc1C1(N)CCCCC1. The second-order valence-electron chi connectivity index (χ2n) is 6.22. The van der Waals surface area contributed by atoms with Crippen molar-refractivity contribution in [3.05, 3.63) is 34.9 Å². The molecule has 1 aromatic carbocycles. The summed E-state index contributed by atoms with van der Waals surface area (Å²) < 4.78 is 14.1. The predicted octanol–water partition coefficient (Wildman–Crippen LogP) is 4.32. The molecule has 1 aromatic rings. The number of hydrogen-bond donors (Lipinski definition) is 1. The summed E-state index contributed by atoms with van der Waals surface area (Å²) in [5.74, 6) is 0. The number of alkyl halides is 1. The summed E-state index contributed by atoms with van der Waals surface area (Å²) in [6, 6.07) is 5.88. The molecule has 1 nitrogen and oxygen atoms in total. The fourth-order valence-corrected chi connectivity index (χ4v) is 2.98. The highest BCUT2D eigenvalue weighted by atomic mass is 19.1. The highest BCUT2D eigenvalue weighted by Crippen LogP contribution is 2.38. The van der Waals surface area contributed by atoms with Crippen LogP contribution in [-0.2, 0) is 11.2 Å². The van der Waals surface area contributed by atoms with E-state index in [0.717, 1.165) is 24.0 Å². The van der Waals surface area contributed by atoms with Gasteiger partial charge in [0.05, 0.1) is 0 Å². The summed E-state index contributed by atoms with van der Waals surface area (Å²) >= 11 is 0. The number of hydrogen-bond acceptors (Lipinski definition) is 1. The third-order valence-electron chi connectivity index (χ3n) is 4.21. The Hall–Kier alpha value is -0.890. The summed E-state index contributed by atoms with van der Waals surface area (Å²) in [4.78, 5) is 0. The van der Waals surface area contributed by atoms with Crippen molar-refractivity contribution in [3.63, 3.8) is 0 Å². The number of nitrogens with two attached hydrogens (primary N) is 1. The Morgan fingerprint density at radius 1 is 1.17 bits per heavy atom. The molecule has 2 rings (SSSR count).